The van der Waals surface area contributed by atoms with Crippen molar-refractivity contribution in [2.45, 2.75) is 20.3 Å². The molecule has 0 fully saturated rings. The van der Waals surface area contributed by atoms with E-state index in [0.717, 1.165) is 5.56 Å². The Morgan fingerprint density at radius 2 is 1.88 bits per heavy atom. The summed E-state index contributed by atoms with van der Waals surface area (Å²) in [6, 6.07) is 9.37. The first-order chi connectivity index (χ1) is 11.6. The molecule has 0 aliphatic rings. The molecule has 0 radical (unpaired) electrons. The second-order valence-corrected chi connectivity index (χ2v) is 6.42. The lowest BCUT2D eigenvalue weighted by Gasteiger charge is -2.09. The van der Waals surface area contributed by atoms with E-state index < -0.39 is 0 Å². The van der Waals surface area contributed by atoms with Crippen LogP contribution in [0.3, 0.4) is 0 Å². The Kier molecular flexibility index (Phi) is 6.81. The topological polar surface area (TPSA) is 67.4 Å². The molecule has 2 amide bonds. The Morgan fingerprint density at radius 3 is 2.58 bits per heavy atom. The van der Waals surface area contributed by atoms with Gasteiger partial charge in [-0.1, -0.05) is 12.1 Å². The van der Waals surface area contributed by atoms with Crippen LogP contribution >= 0.6 is 11.3 Å². The smallest absolute Gasteiger partial charge is 0.261 e. The average molecular weight is 346 g/mol. The number of amides is 2. The molecule has 0 bridgehead atoms. The van der Waals surface area contributed by atoms with Crippen molar-refractivity contribution in [2.24, 2.45) is 0 Å². The maximum absolute atomic E-state index is 11.7. The van der Waals surface area contributed by atoms with E-state index in [9.17, 15) is 9.59 Å². The highest BCUT2D eigenvalue weighted by atomic mass is 32.1. The number of nitrogens with one attached hydrogen (secondary N) is 2. The van der Waals surface area contributed by atoms with Crippen molar-refractivity contribution in [3.8, 4) is 5.75 Å². The maximum atomic E-state index is 11.7. The van der Waals surface area contributed by atoms with Gasteiger partial charge in [0.15, 0.2) is 6.61 Å². The zero-order valence-electron chi connectivity index (χ0n) is 13.9. The number of rotatable bonds is 8. The zero-order valence-corrected chi connectivity index (χ0v) is 14.7. The molecule has 2 N–H and O–H groups in total. The van der Waals surface area contributed by atoms with Gasteiger partial charge in [0.05, 0.1) is 4.88 Å². The van der Waals surface area contributed by atoms with Crippen LogP contribution in [-0.2, 0) is 4.79 Å². The summed E-state index contributed by atoms with van der Waals surface area (Å²) >= 11 is 1.41. The van der Waals surface area contributed by atoms with E-state index in [-0.39, 0.29) is 18.4 Å². The molecule has 0 spiro atoms. The normalized spacial score (nSPS) is 10.2. The van der Waals surface area contributed by atoms with Crippen LogP contribution in [-0.4, -0.2) is 31.5 Å². The molecule has 2 rings (SSSR count). The third-order valence-electron chi connectivity index (χ3n) is 3.55. The minimum absolute atomic E-state index is 0.00987. The van der Waals surface area contributed by atoms with E-state index >= 15 is 0 Å². The molecule has 1 aromatic heterocycles. The van der Waals surface area contributed by atoms with Gasteiger partial charge in [-0.15, -0.1) is 11.3 Å². The Hall–Kier alpha value is -2.34. The van der Waals surface area contributed by atoms with Crippen molar-refractivity contribution in [1.82, 2.24) is 10.6 Å². The van der Waals surface area contributed by atoms with Crippen LogP contribution in [0, 0.1) is 13.8 Å². The van der Waals surface area contributed by atoms with E-state index in [1.54, 1.807) is 6.07 Å². The Bertz CT molecular complexity index is 684. The average Bonchev–Trinajstić information content (AvgIpc) is 3.10. The summed E-state index contributed by atoms with van der Waals surface area (Å²) in [4.78, 5) is 24.1. The molecule has 5 nitrogen and oxygen atoms in total. The van der Waals surface area contributed by atoms with E-state index in [1.807, 2.05) is 43.5 Å². The Balaban J connectivity index is 1.58. The second kappa shape index (κ2) is 9.08. The number of carbonyl (C=O) groups is 2. The van der Waals surface area contributed by atoms with Crippen LogP contribution in [0.4, 0.5) is 0 Å². The van der Waals surface area contributed by atoms with Gasteiger partial charge in [-0.2, -0.15) is 0 Å². The molecule has 0 aliphatic carbocycles. The van der Waals surface area contributed by atoms with Gasteiger partial charge in [-0.25, -0.2) is 0 Å². The van der Waals surface area contributed by atoms with E-state index in [0.29, 0.717) is 30.1 Å². The Labute approximate surface area is 146 Å². The molecule has 1 heterocycles. The van der Waals surface area contributed by atoms with Crippen LogP contribution in [0.1, 0.15) is 27.2 Å². The molecule has 0 aliphatic heterocycles. The molecule has 0 saturated carbocycles. The third-order valence-corrected chi connectivity index (χ3v) is 4.42. The molecule has 128 valence electrons. The molecule has 0 atom stereocenters. The van der Waals surface area contributed by atoms with Crippen molar-refractivity contribution in [1.29, 1.82) is 0 Å². The zero-order chi connectivity index (χ0) is 17.4. The van der Waals surface area contributed by atoms with E-state index in [1.165, 1.54) is 16.9 Å². The fourth-order valence-electron chi connectivity index (χ4n) is 2.02. The van der Waals surface area contributed by atoms with Gasteiger partial charge in [0.1, 0.15) is 5.75 Å². The molecule has 0 unspecified atom stereocenters. The predicted molar refractivity (Wildman–Crippen MR) is 95.7 cm³/mol. The number of thiophene rings is 1. The lowest BCUT2D eigenvalue weighted by Crippen LogP contribution is -2.32. The third kappa shape index (κ3) is 5.70. The Morgan fingerprint density at radius 1 is 1.08 bits per heavy atom. The van der Waals surface area contributed by atoms with Crippen molar-refractivity contribution in [2.75, 3.05) is 19.7 Å². The van der Waals surface area contributed by atoms with E-state index in [4.69, 9.17) is 4.74 Å². The summed E-state index contributed by atoms with van der Waals surface area (Å²) in [5, 5.41) is 7.46. The number of hydrogen-bond donors (Lipinski definition) is 2. The minimum Gasteiger partial charge on any atom is -0.484 e. The molecule has 0 saturated heterocycles. The largest absolute Gasteiger partial charge is 0.484 e. The number of hydrogen-bond acceptors (Lipinski definition) is 4. The molecule has 24 heavy (non-hydrogen) atoms. The quantitative estimate of drug-likeness (QED) is 0.722. The fraction of sp³-hybridized carbons (Fsp3) is 0.333. The summed E-state index contributed by atoms with van der Waals surface area (Å²) in [5.74, 6) is 0.448. The molecular formula is C18H22N2O3S. The van der Waals surface area contributed by atoms with Gasteiger partial charge in [0.25, 0.3) is 11.8 Å². The van der Waals surface area contributed by atoms with Crippen molar-refractivity contribution in [3.63, 3.8) is 0 Å². The number of aryl methyl sites for hydroxylation is 2. The van der Waals surface area contributed by atoms with Crippen LogP contribution in [0.2, 0.25) is 0 Å². The van der Waals surface area contributed by atoms with Gasteiger partial charge >= 0.3 is 0 Å². The van der Waals surface area contributed by atoms with E-state index in [2.05, 4.69) is 10.6 Å². The second-order valence-electron chi connectivity index (χ2n) is 5.47. The van der Waals surface area contributed by atoms with Gasteiger partial charge < -0.3 is 15.4 Å². The van der Waals surface area contributed by atoms with Gasteiger partial charge in [-0.3, -0.25) is 9.59 Å². The summed E-state index contributed by atoms with van der Waals surface area (Å²) in [5.41, 5.74) is 2.32. The molecule has 2 aromatic rings. The highest BCUT2D eigenvalue weighted by molar-refractivity contribution is 7.12. The van der Waals surface area contributed by atoms with Crippen molar-refractivity contribution < 1.29 is 14.3 Å². The highest BCUT2D eigenvalue weighted by Crippen LogP contribution is 2.16. The lowest BCUT2D eigenvalue weighted by molar-refractivity contribution is -0.123. The standard InChI is InChI=1S/C18H22N2O3S/c1-13-6-7-15(11-14(13)2)23-12-17(21)19-8-4-9-20-18(22)16-5-3-10-24-16/h3,5-7,10-11H,4,8-9,12H2,1-2H3,(H,19,21)(H,20,22). The molecule has 6 heteroatoms. The number of carbonyl (C=O) groups excluding carboxylic acids is 2. The number of ether oxygens (including phenoxy) is 1. The van der Waals surface area contributed by atoms with Crippen molar-refractivity contribution in [3.05, 3.63) is 51.7 Å². The van der Waals surface area contributed by atoms with Crippen molar-refractivity contribution >= 4 is 23.2 Å². The fourth-order valence-corrected chi connectivity index (χ4v) is 2.66. The monoisotopic (exact) mass is 346 g/mol. The van der Waals surface area contributed by atoms with Crippen LogP contribution in [0.25, 0.3) is 0 Å². The summed E-state index contributed by atoms with van der Waals surface area (Å²) in [7, 11) is 0. The van der Waals surface area contributed by atoms with Crippen LogP contribution in [0.15, 0.2) is 35.7 Å². The van der Waals surface area contributed by atoms with Gasteiger partial charge in [0.2, 0.25) is 0 Å². The first-order valence-corrected chi connectivity index (χ1v) is 8.72. The maximum Gasteiger partial charge on any atom is 0.261 e. The predicted octanol–water partition coefficient (Wildman–Crippen LogP) is 2.68. The van der Waals surface area contributed by atoms with Crippen LogP contribution in [0.5, 0.6) is 5.75 Å². The number of benzene rings is 1. The first-order valence-electron chi connectivity index (χ1n) is 7.84. The summed E-state index contributed by atoms with van der Waals surface area (Å²) in [6.07, 6.45) is 0.673. The highest BCUT2D eigenvalue weighted by Gasteiger charge is 2.06. The van der Waals surface area contributed by atoms with Gasteiger partial charge in [0, 0.05) is 13.1 Å². The SMILES string of the molecule is Cc1ccc(OCC(=O)NCCCNC(=O)c2cccs2)cc1C. The first kappa shape index (κ1) is 18.0. The summed E-state index contributed by atoms with van der Waals surface area (Å²) in [6.45, 7) is 5.05. The van der Waals surface area contributed by atoms with Gasteiger partial charge in [-0.05, 0) is 55.0 Å². The molecule has 1 aromatic carbocycles. The lowest BCUT2D eigenvalue weighted by atomic mass is 10.1. The summed E-state index contributed by atoms with van der Waals surface area (Å²) < 4.78 is 5.47. The molecular weight excluding hydrogens is 324 g/mol. The van der Waals surface area contributed by atoms with Crippen LogP contribution < -0.4 is 15.4 Å². The minimum atomic E-state index is -0.169.